The molecule has 1 aromatic carbocycles. The minimum absolute atomic E-state index is 0.194. The molecule has 1 heterocycles. The molecule has 2 aromatic rings. The fourth-order valence-corrected chi connectivity index (χ4v) is 1.31. The molecule has 0 unspecified atom stereocenters. The number of H-pyrrole nitrogens is 1. The number of benzene rings is 1. The Morgan fingerprint density at radius 1 is 1.44 bits per heavy atom. The Morgan fingerprint density at radius 3 is 2.81 bits per heavy atom. The maximum Gasteiger partial charge on any atom is 0.373 e. The van der Waals surface area contributed by atoms with Gasteiger partial charge in [-0.15, -0.1) is 0 Å². The summed E-state index contributed by atoms with van der Waals surface area (Å²) < 4.78 is 5.13. The molecule has 2 N–H and O–H groups in total. The normalized spacial score (nSPS) is 10.1. The lowest BCUT2D eigenvalue weighted by atomic mass is 10.2. The van der Waals surface area contributed by atoms with E-state index in [1.807, 2.05) is 6.07 Å². The van der Waals surface area contributed by atoms with Crippen LogP contribution in [-0.2, 0) is 0 Å². The predicted octanol–water partition coefficient (Wildman–Crippen LogP) is 1.18. The summed E-state index contributed by atoms with van der Waals surface area (Å²) in [6.45, 7) is 0. The first-order chi connectivity index (χ1) is 7.72. The van der Waals surface area contributed by atoms with Gasteiger partial charge < -0.3 is 9.84 Å². The van der Waals surface area contributed by atoms with Crippen LogP contribution < -0.4 is 4.74 Å². The van der Waals surface area contributed by atoms with Crippen molar-refractivity contribution in [1.82, 2.24) is 15.2 Å². The number of aromatic amines is 1. The highest BCUT2D eigenvalue weighted by atomic mass is 16.5. The van der Waals surface area contributed by atoms with E-state index >= 15 is 0 Å². The molecule has 82 valence electrons. The van der Waals surface area contributed by atoms with Gasteiger partial charge in [-0.3, -0.25) is 5.10 Å². The molecule has 0 saturated heterocycles. The maximum atomic E-state index is 10.6. The second kappa shape index (κ2) is 4.01. The molecule has 6 heteroatoms. The molecule has 0 atom stereocenters. The molecule has 0 amide bonds. The number of aromatic nitrogens is 3. The highest BCUT2D eigenvalue weighted by molar-refractivity contribution is 5.83. The summed E-state index contributed by atoms with van der Waals surface area (Å²) in [7, 11) is 1.53. The average molecular weight is 219 g/mol. The van der Waals surface area contributed by atoms with Crippen molar-refractivity contribution >= 4 is 5.97 Å². The van der Waals surface area contributed by atoms with Crippen LogP contribution in [0.1, 0.15) is 10.6 Å². The zero-order chi connectivity index (χ0) is 11.5. The molecule has 6 nitrogen and oxygen atoms in total. The molecule has 0 aliphatic rings. The van der Waals surface area contributed by atoms with Crippen molar-refractivity contribution < 1.29 is 14.6 Å². The van der Waals surface area contributed by atoms with E-state index in [-0.39, 0.29) is 5.82 Å². The third kappa shape index (κ3) is 1.72. The van der Waals surface area contributed by atoms with Crippen LogP contribution in [0.25, 0.3) is 11.4 Å². The number of ether oxygens (including phenoxy) is 1. The monoisotopic (exact) mass is 219 g/mol. The van der Waals surface area contributed by atoms with E-state index in [4.69, 9.17) is 9.84 Å². The quantitative estimate of drug-likeness (QED) is 0.809. The predicted molar refractivity (Wildman–Crippen MR) is 55.3 cm³/mol. The van der Waals surface area contributed by atoms with E-state index in [1.54, 1.807) is 18.2 Å². The van der Waals surface area contributed by atoms with E-state index in [0.717, 1.165) is 0 Å². The number of nitrogens with one attached hydrogen (secondary N) is 1. The lowest BCUT2D eigenvalue weighted by molar-refractivity contribution is 0.0684. The first-order valence-corrected chi connectivity index (χ1v) is 4.51. The summed E-state index contributed by atoms with van der Waals surface area (Å²) >= 11 is 0. The number of hydrogen-bond acceptors (Lipinski definition) is 4. The third-order valence-corrected chi connectivity index (χ3v) is 2.04. The summed E-state index contributed by atoms with van der Waals surface area (Å²) in [4.78, 5) is 14.5. The van der Waals surface area contributed by atoms with Crippen LogP contribution in [0.2, 0.25) is 0 Å². The molecule has 0 bridgehead atoms. The molecule has 0 aliphatic heterocycles. The largest absolute Gasteiger partial charge is 0.496 e. The van der Waals surface area contributed by atoms with Gasteiger partial charge in [0.2, 0.25) is 5.82 Å². The first-order valence-electron chi connectivity index (χ1n) is 4.51. The van der Waals surface area contributed by atoms with Crippen LogP contribution in [-0.4, -0.2) is 33.4 Å². The fraction of sp³-hybridized carbons (Fsp3) is 0.100. The van der Waals surface area contributed by atoms with Crippen LogP contribution >= 0.6 is 0 Å². The summed E-state index contributed by atoms with van der Waals surface area (Å²) in [5.41, 5.74) is 0.647. The second-order valence-electron chi connectivity index (χ2n) is 3.01. The minimum Gasteiger partial charge on any atom is -0.496 e. The number of aromatic carboxylic acids is 1. The molecule has 0 radical (unpaired) electrons. The Bertz CT molecular complexity index is 522. The number of rotatable bonds is 3. The smallest absolute Gasteiger partial charge is 0.373 e. The van der Waals surface area contributed by atoms with Crippen molar-refractivity contribution in [3.8, 4) is 17.1 Å². The van der Waals surface area contributed by atoms with Gasteiger partial charge in [-0.1, -0.05) is 12.1 Å². The van der Waals surface area contributed by atoms with Crippen molar-refractivity contribution in [1.29, 1.82) is 0 Å². The maximum absolute atomic E-state index is 10.6. The van der Waals surface area contributed by atoms with Gasteiger partial charge in [0.25, 0.3) is 0 Å². The van der Waals surface area contributed by atoms with Crippen LogP contribution in [0, 0.1) is 0 Å². The van der Waals surface area contributed by atoms with Crippen molar-refractivity contribution in [2.75, 3.05) is 7.11 Å². The molecule has 16 heavy (non-hydrogen) atoms. The van der Waals surface area contributed by atoms with E-state index in [0.29, 0.717) is 17.1 Å². The Kier molecular flexibility index (Phi) is 2.55. The van der Waals surface area contributed by atoms with Crippen molar-refractivity contribution in [2.24, 2.45) is 0 Å². The number of carbonyl (C=O) groups is 1. The molecule has 1 aromatic heterocycles. The molecule has 0 spiro atoms. The van der Waals surface area contributed by atoms with E-state index < -0.39 is 5.97 Å². The molecule has 0 saturated carbocycles. The highest BCUT2D eigenvalue weighted by Gasteiger charge is 2.13. The van der Waals surface area contributed by atoms with Crippen LogP contribution in [0.3, 0.4) is 0 Å². The number of carboxylic acid groups (broad SMARTS) is 1. The van der Waals surface area contributed by atoms with Gasteiger partial charge in [0.1, 0.15) is 5.75 Å². The van der Waals surface area contributed by atoms with E-state index in [9.17, 15) is 4.79 Å². The average Bonchev–Trinajstić information content (AvgIpc) is 2.78. The van der Waals surface area contributed by atoms with Crippen molar-refractivity contribution in [2.45, 2.75) is 0 Å². The molecular weight excluding hydrogens is 210 g/mol. The number of carboxylic acids is 1. The van der Waals surface area contributed by atoms with E-state index in [1.165, 1.54) is 7.11 Å². The zero-order valence-electron chi connectivity index (χ0n) is 8.47. The summed E-state index contributed by atoms with van der Waals surface area (Å²) in [6.07, 6.45) is 0. The van der Waals surface area contributed by atoms with Gasteiger partial charge in [0, 0.05) is 0 Å². The number of methoxy groups -OCH3 is 1. The third-order valence-electron chi connectivity index (χ3n) is 2.04. The molecule has 0 aliphatic carbocycles. The van der Waals surface area contributed by atoms with Gasteiger partial charge in [0.15, 0.2) is 5.82 Å². The topological polar surface area (TPSA) is 88.1 Å². The molecule has 2 rings (SSSR count). The SMILES string of the molecule is COc1ccccc1-c1n[nH]c(C(=O)O)n1. The Hall–Kier alpha value is -2.37. The van der Waals surface area contributed by atoms with E-state index in [2.05, 4.69) is 15.2 Å². The fourth-order valence-electron chi connectivity index (χ4n) is 1.31. The molecule has 0 fully saturated rings. The number of para-hydroxylation sites is 1. The summed E-state index contributed by atoms with van der Waals surface area (Å²) in [5, 5.41) is 14.9. The highest BCUT2D eigenvalue weighted by Crippen LogP contribution is 2.26. The molecular formula is C10H9N3O3. The lowest BCUT2D eigenvalue weighted by Gasteiger charge is -2.03. The number of hydrogen-bond donors (Lipinski definition) is 2. The minimum atomic E-state index is -1.14. The van der Waals surface area contributed by atoms with Crippen molar-refractivity contribution in [3.05, 3.63) is 30.1 Å². The Balaban J connectivity index is 2.46. The van der Waals surface area contributed by atoms with Crippen LogP contribution in [0.5, 0.6) is 5.75 Å². The second-order valence-corrected chi connectivity index (χ2v) is 3.01. The van der Waals surface area contributed by atoms with Crippen LogP contribution in [0.15, 0.2) is 24.3 Å². The standard InChI is InChI=1S/C10H9N3O3/c1-16-7-5-3-2-4-6(7)8-11-9(10(14)15)13-12-8/h2-5H,1H3,(H,14,15)(H,11,12,13). The van der Waals surface area contributed by atoms with Gasteiger partial charge in [-0.25, -0.2) is 9.78 Å². The van der Waals surface area contributed by atoms with Gasteiger partial charge in [0.05, 0.1) is 12.7 Å². The van der Waals surface area contributed by atoms with Crippen LogP contribution in [0.4, 0.5) is 0 Å². The Labute approximate surface area is 90.9 Å². The summed E-state index contributed by atoms with van der Waals surface area (Å²) in [5.74, 6) is -0.442. The van der Waals surface area contributed by atoms with Gasteiger partial charge in [-0.2, -0.15) is 5.10 Å². The van der Waals surface area contributed by atoms with Gasteiger partial charge >= 0.3 is 5.97 Å². The number of nitrogens with zero attached hydrogens (tertiary/aromatic N) is 2. The lowest BCUT2D eigenvalue weighted by Crippen LogP contribution is -1.98. The zero-order valence-corrected chi connectivity index (χ0v) is 8.47. The van der Waals surface area contributed by atoms with Crippen molar-refractivity contribution in [3.63, 3.8) is 0 Å². The Morgan fingerprint density at radius 2 is 2.19 bits per heavy atom. The summed E-state index contributed by atoms with van der Waals surface area (Å²) in [6, 6.07) is 7.13. The first kappa shape index (κ1) is 10.2. The van der Waals surface area contributed by atoms with Gasteiger partial charge in [-0.05, 0) is 12.1 Å².